The van der Waals surface area contributed by atoms with Gasteiger partial charge in [0.1, 0.15) is 0 Å². The van der Waals surface area contributed by atoms with E-state index in [1.807, 2.05) is 6.92 Å². The highest BCUT2D eigenvalue weighted by atomic mass is 16.1. The third-order valence-corrected chi connectivity index (χ3v) is 1.48. The summed E-state index contributed by atoms with van der Waals surface area (Å²) in [6.45, 7) is 2.74. The monoisotopic (exact) mass is 166 g/mol. The fourth-order valence-electron chi connectivity index (χ4n) is 0.844. The van der Waals surface area contributed by atoms with E-state index in [1.165, 1.54) is 0 Å². The molecule has 0 fully saturated rings. The van der Waals surface area contributed by atoms with Crippen LogP contribution in [-0.2, 0) is 0 Å². The smallest absolute Gasteiger partial charge is 0.251 e. The molecule has 0 bridgehead atoms. The molecule has 1 aromatic heterocycles. The standard InChI is InChI=1S/C9H12N2O.H2/c1-2-5-11-9(12)8-3-6-10-7-4-8;/h3-4,6-7H,2,5H2,1H3,(H,11,12);1H. The maximum Gasteiger partial charge on any atom is 0.251 e. The molecule has 3 nitrogen and oxygen atoms in total. The molecule has 12 heavy (non-hydrogen) atoms. The summed E-state index contributed by atoms with van der Waals surface area (Å²) in [7, 11) is 0. The fraction of sp³-hybridized carbons (Fsp3) is 0.333. The number of carbonyl (C=O) groups excluding carboxylic acids is 1. The normalized spacial score (nSPS) is 9.42. The number of pyridine rings is 1. The molecular weight excluding hydrogens is 152 g/mol. The van der Waals surface area contributed by atoms with Crippen LogP contribution in [0.5, 0.6) is 0 Å². The first kappa shape index (κ1) is 8.71. The van der Waals surface area contributed by atoms with Crippen molar-refractivity contribution in [2.75, 3.05) is 6.54 Å². The van der Waals surface area contributed by atoms with Crippen LogP contribution >= 0.6 is 0 Å². The lowest BCUT2D eigenvalue weighted by atomic mass is 10.2. The molecule has 1 rings (SSSR count). The molecule has 0 saturated carbocycles. The van der Waals surface area contributed by atoms with Crippen molar-refractivity contribution >= 4 is 5.91 Å². The van der Waals surface area contributed by atoms with Crippen molar-refractivity contribution in [2.45, 2.75) is 13.3 Å². The number of nitrogens with one attached hydrogen (secondary N) is 1. The molecule has 0 radical (unpaired) electrons. The summed E-state index contributed by atoms with van der Waals surface area (Å²) in [5, 5.41) is 2.78. The van der Waals surface area contributed by atoms with Gasteiger partial charge in [-0.15, -0.1) is 0 Å². The van der Waals surface area contributed by atoms with E-state index in [4.69, 9.17) is 0 Å². The summed E-state index contributed by atoms with van der Waals surface area (Å²) in [5.74, 6) is -0.0285. The number of rotatable bonds is 3. The highest BCUT2D eigenvalue weighted by Crippen LogP contribution is 1.94. The van der Waals surface area contributed by atoms with E-state index in [1.54, 1.807) is 24.5 Å². The van der Waals surface area contributed by atoms with Crippen molar-refractivity contribution in [3.8, 4) is 0 Å². The van der Waals surface area contributed by atoms with E-state index in [0.29, 0.717) is 5.56 Å². The first-order valence-corrected chi connectivity index (χ1v) is 4.03. The summed E-state index contributed by atoms with van der Waals surface area (Å²) in [4.78, 5) is 15.1. The highest BCUT2D eigenvalue weighted by Gasteiger charge is 2.01. The Morgan fingerprint density at radius 1 is 1.58 bits per heavy atom. The molecule has 1 aromatic rings. The molecule has 66 valence electrons. The maximum atomic E-state index is 11.3. The minimum Gasteiger partial charge on any atom is -0.352 e. The second kappa shape index (κ2) is 4.49. The van der Waals surface area contributed by atoms with Crippen LogP contribution in [0.3, 0.4) is 0 Å². The zero-order chi connectivity index (χ0) is 8.81. The molecule has 0 aliphatic carbocycles. The topological polar surface area (TPSA) is 42.0 Å². The van der Waals surface area contributed by atoms with E-state index in [-0.39, 0.29) is 7.33 Å². The summed E-state index contributed by atoms with van der Waals surface area (Å²) >= 11 is 0. The van der Waals surface area contributed by atoms with Crippen molar-refractivity contribution in [3.05, 3.63) is 30.1 Å². The lowest BCUT2D eigenvalue weighted by Gasteiger charge is -2.01. The molecule has 0 aliphatic heterocycles. The van der Waals surface area contributed by atoms with Crippen LogP contribution in [0.15, 0.2) is 24.5 Å². The third kappa shape index (κ3) is 2.34. The number of hydrogen-bond donors (Lipinski definition) is 1. The summed E-state index contributed by atoms with van der Waals surface area (Å²) in [6.07, 6.45) is 4.18. The molecule has 0 atom stereocenters. The van der Waals surface area contributed by atoms with Gasteiger partial charge >= 0.3 is 0 Å². The SMILES string of the molecule is CCCNC(=O)c1ccncc1.[HH]. The van der Waals surface area contributed by atoms with Crippen molar-refractivity contribution in [1.29, 1.82) is 0 Å². The molecule has 0 aliphatic rings. The van der Waals surface area contributed by atoms with Crippen molar-refractivity contribution in [1.82, 2.24) is 10.3 Å². The van der Waals surface area contributed by atoms with Gasteiger partial charge in [-0.25, -0.2) is 0 Å². The first-order chi connectivity index (χ1) is 5.84. The van der Waals surface area contributed by atoms with Gasteiger partial charge in [-0.05, 0) is 18.6 Å². The Labute approximate surface area is 73.3 Å². The zero-order valence-corrected chi connectivity index (χ0v) is 7.08. The van der Waals surface area contributed by atoms with Gasteiger partial charge in [0.2, 0.25) is 0 Å². The molecule has 0 spiro atoms. The highest BCUT2D eigenvalue weighted by molar-refractivity contribution is 5.93. The van der Waals surface area contributed by atoms with E-state index >= 15 is 0 Å². The Morgan fingerprint density at radius 3 is 2.83 bits per heavy atom. The van der Waals surface area contributed by atoms with Crippen LogP contribution in [0.2, 0.25) is 0 Å². The zero-order valence-electron chi connectivity index (χ0n) is 7.08. The largest absolute Gasteiger partial charge is 0.352 e. The molecule has 3 heteroatoms. The van der Waals surface area contributed by atoms with Crippen molar-refractivity contribution < 1.29 is 6.22 Å². The van der Waals surface area contributed by atoms with Gasteiger partial charge in [0, 0.05) is 25.9 Å². The van der Waals surface area contributed by atoms with Gasteiger partial charge in [-0.1, -0.05) is 6.92 Å². The quantitative estimate of drug-likeness (QED) is 0.738. The molecule has 1 heterocycles. The Morgan fingerprint density at radius 2 is 2.25 bits per heavy atom. The second-order valence-electron chi connectivity index (χ2n) is 2.49. The Hall–Kier alpha value is -1.38. The summed E-state index contributed by atoms with van der Waals surface area (Å²) < 4.78 is 0. The molecular formula is C9H14N2O. The van der Waals surface area contributed by atoms with E-state index in [2.05, 4.69) is 10.3 Å². The molecule has 1 N–H and O–H groups in total. The van der Waals surface area contributed by atoms with Crippen LogP contribution in [-0.4, -0.2) is 17.4 Å². The first-order valence-electron chi connectivity index (χ1n) is 4.03. The van der Waals surface area contributed by atoms with Crippen molar-refractivity contribution in [2.24, 2.45) is 0 Å². The van der Waals surface area contributed by atoms with Crippen LogP contribution in [0.25, 0.3) is 0 Å². The van der Waals surface area contributed by atoms with Crippen LogP contribution < -0.4 is 5.32 Å². The van der Waals surface area contributed by atoms with E-state index in [9.17, 15) is 4.79 Å². The van der Waals surface area contributed by atoms with Gasteiger partial charge in [-0.3, -0.25) is 9.78 Å². The van der Waals surface area contributed by atoms with E-state index < -0.39 is 0 Å². The maximum absolute atomic E-state index is 11.3. The molecule has 0 aromatic carbocycles. The van der Waals surface area contributed by atoms with Crippen LogP contribution in [0.1, 0.15) is 25.1 Å². The van der Waals surface area contributed by atoms with Gasteiger partial charge < -0.3 is 5.32 Å². The number of hydrogen-bond acceptors (Lipinski definition) is 2. The third-order valence-electron chi connectivity index (χ3n) is 1.48. The number of carbonyl (C=O) groups is 1. The number of amides is 1. The lowest BCUT2D eigenvalue weighted by Crippen LogP contribution is -2.23. The molecule has 1 amide bonds. The minimum atomic E-state index is -0.0285. The number of aromatic nitrogens is 1. The van der Waals surface area contributed by atoms with Crippen LogP contribution in [0.4, 0.5) is 0 Å². The number of nitrogens with zero attached hydrogens (tertiary/aromatic N) is 1. The molecule has 0 saturated heterocycles. The summed E-state index contributed by atoms with van der Waals surface area (Å²) in [5.41, 5.74) is 0.665. The fourth-order valence-corrected chi connectivity index (χ4v) is 0.844. The van der Waals surface area contributed by atoms with Crippen molar-refractivity contribution in [3.63, 3.8) is 0 Å². The second-order valence-corrected chi connectivity index (χ2v) is 2.49. The molecule has 0 unspecified atom stereocenters. The average molecular weight is 166 g/mol. The minimum absolute atomic E-state index is 0. The Kier molecular flexibility index (Phi) is 3.26. The van der Waals surface area contributed by atoms with Crippen LogP contribution in [0, 0.1) is 0 Å². The average Bonchev–Trinajstić information content (AvgIpc) is 2.15. The Bertz CT molecular complexity index is 251. The van der Waals surface area contributed by atoms with Gasteiger partial charge in [0.05, 0.1) is 0 Å². The van der Waals surface area contributed by atoms with Gasteiger partial charge in [0.15, 0.2) is 0 Å². The van der Waals surface area contributed by atoms with Gasteiger partial charge in [-0.2, -0.15) is 0 Å². The predicted octanol–water partition coefficient (Wildman–Crippen LogP) is 1.47. The van der Waals surface area contributed by atoms with Gasteiger partial charge in [0.25, 0.3) is 5.91 Å². The summed E-state index contributed by atoms with van der Waals surface area (Å²) in [6, 6.07) is 3.40. The lowest BCUT2D eigenvalue weighted by molar-refractivity contribution is 0.0953. The predicted molar refractivity (Wildman–Crippen MR) is 49.0 cm³/mol. The Balaban J connectivity index is 0.00000144. The van der Waals surface area contributed by atoms with E-state index in [0.717, 1.165) is 13.0 Å².